The van der Waals surface area contributed by atoms with Crippen molar-refractivity contribution in [3.63, 3.8) is 0 Å². The van der Waals surface area contributed by atoms with Crippen LogP contribution in [0.1, 0.15) is 5.56 Å². The molecule has 0 spiro atoms. The molecule has 0 radical (unpaired) electrons. The van der Waals surface area contributed by atoms with Crippen LogP contribution in [0.2, 0.25) is 5.02 Å². The maximum Gasteiger partial charge on any atom is 0.262 e. The highest BCUT2D eigenvalue weighted by Crippen LogP contribution is 2.33. The summed E-state index contributed by atoms with van der Waals surface area (Å²) in [5.74, 6) is 0.747. The molecule has 1 amide bonds. The number of nitrogens with zero attached hydrogens (tertiary/aromatic N) is 1. The summed E-state index contributed by atoms with van der Waals surface area (Å²) in [5, 5.41) is 3.14. The lowest BCUT2D eigenvalue weighted by Crippen LogP contribution is -2.33. The first-order valence-electron chi connectivity index (χ1n) is 7.91. The van der Waals surface area contributed by atoms with E-state index >= 15 is 0 Å². The molecule has 136 valence electrons. The van der Waals surface area contributed by atoms with Crippen LogP contribution in [0, 0.1) is 0 Å². The minimum atomic E-state index is -3.79. The maximum atomic E-state index is 13.1. The second-order valence-electron chi connectivity index (χ2n) is 5.93. The summed E-state index contributed by atoms with van der Waals surface area (Å²) in [6.07, 6.45) is 0. The number of sulfonamides is 1. The summed E-state index contributed by atoms with van der Waals surface area (Å²) in [7, 11) is -3.79. The van der Waals surface area contributed by atoms with Gasteiger partial charge < -0.3 is 14.8 Å². The van der Waals surface area contributed by atoms with E-state index in [4.69, 9.17) is 21.1 Å². The van der Waals surface area contributed by atoms with Gasteiger partial charge in [0.25, 0.3) is 5.91 Å². The molecule has 2 aromatic rings. The molecule has 2 aromatic carbocycles. The number of carbonyl (C=O) groups is 1. The number of carbonyl (C=O) groups excluding carboxylic acids is 1. The Hall–Kier alpha value is -2.29. The summed E-state index contributed by atoms with van der Waals surface area (Å²) in [6.45, 7) is 0.505. The largest absolute Gasteiger partial charge is 0.492 e. The highest BCUT2D eigenvalue weighted by atomic mass is 35.5. The third kappa shape index (κ3) is 3.11. The first-order chi connectivity index (χ1) is 12.4. The Kier molecular flexibility index (Phi) is 4.26. The summed E-state index contributed by atoms with van der Waals surface area (Å²) in [5.41, 5.74) is 1.05. The number of hydrogen-bond donors (Lipinski definition) is 1. The van der Waals surface area contributed by atoms with E-state index in [1.807, 2.05) is 0 Å². The number of anilines is 1. The van der Waals surface area contributed by atoms with Crippen molar-refractivity contribution in [3.05, 3.63) is 47.0 Å². The molecule has 0 aromatic heterocycles. The molecule has 0 aliphatic carbocycles. The minimum Gasteiger partial charge on any atom is -0.492 e. The van der Waals surface area contributed by atoms with Gasteiger partial charge in [0, 0.05) is 23.7 Å². The maximum absolute atomic E-state index is 13.1. The van der Waals surface area contributed by atoms with Gasteiger partial charge in [-0.05, 0) is 36.4 Å². The van der Waals surface area contributed by atoms with Gasteiger partial charge in [-0.3, -0.25) is 4.79 Å². The molecule has 2 aliphatic heterocycles. The van der Waals surface area contributed by atoms with Crippen molar-refractivity contribution in [1.82, 2.24) is 4.31 Å². The van der Waals surface area contributed by atoms with Crippen LogP contribution in [0.15, 0.2) is 41.3 Å². The molecule has 1 N–H and O–H groups in total. The summed E-state index contributed by atoms with van der Waals surface area (Å²) >= 11 is 6.02. The van der Waals surface area contributed by atoms with E-state index in [2.05, 4.69) is 5.32 Å². The average Bonchev–Trinajstić information content (AvgIpc) is 2.83. The van der Waals surface area contributed by atoms with Gasteiger partial charge in [0.15, 0.2) is 6.61 Å². The minimum absolute atomic E-state index is 0.0764. The SMILES string of the molecule is O=C1COc2ccc(S(=O)(=O)N3CCOc4ccc(Cl)cc4C3)cc2N1. The Morgan fingerprint density at radius 3 is 2.73 bits per heavy atom. The van der Waals surface area contributed by atoms with Crippen molar-refractivity contribution >= 4 is 33.2 Å². The number of benzene rings is 2. The Labute approximate surface area is 155 Å². The van der Waals surface area contributed by atoms with Gasteiger partial charge in [-0.1, -0.05) is 11.6 Å². The Balaban J connectivity index is 1.68. The molecule has 0 saturated heterocycles. The molecule has 0 atom stereocenters. The number of halogens is 1. The van der Waals surface area contributed by atoms with Crippen molar-refractivity contribution in [2.24, 2.45) is 0 Å². The van der Waals surface area contributed by atoms with Crippen molar-refractivity contribution in [3.8, 4) is 11.5 Å². The van der Waals surface area contributed by atoms with Gasteiger partial charge in [0.1, 0.15) is 18.1 Å². The molecular weight excluding hydrogens is 380 g/mol. The van der Waals surface area contributed by atoms with E-state index in [1.54, 1.807) is 24.3 Å². The lowest BCUT2D eigenvalue weighted by molar-refractivity contribution is -0.118. The van der Waals surface area contributed by atoms with E-state index in [1.165, 1.54) is 16.4 Å². The third-order valence-electron chi connectivity index (χ3n) is 4.19. The zero-order chi connectivity index (χ0) is 18.3. The Bertz CT molecular complexity index is 993. The van der Waals surface area contributed by atoms with E-state index in [0.717, 1.165) is 0 Å². The lowest BCUT2D eigenvalue weighted by atomic mass is 10.2. The first kappa shape index (κ1) is 17.1. The normalized spacial score (nSPS) is 17.2. The van der Waals surface area contributed by atoms with Gasteiger partial charge >= 0.3 is 0 Å². The average molecular weight is 395 g/mol. The van der Waals surface area contributed by atoms with Gasteiger partial charge in [0.2, 0.25) is 10.0 Å². The van der Waals surface area contributed by atoms with Crippen LogP contribution in [-0.2, 0) is 21.4 Å². The number of nitrogens with one attached hydrogen (secondary N) is 1. The van der Waals surface area contributed by atoms with Gasteiger partial charge in [0.05, 0.1) is 10.6 Å². The number of amides is 1. The van der Waals surface area contributed by atoms with Crippen LogP contribution in [0.25, 0.3) is 0 Å². The van der Waals surface area contributed by atoms with E-state index in [9.17, 15) is 13.2 Å². The topological polar surface area (TPSA) is 84.9 Å². The fourth-order valence-corrected chi connectivity index (χ4v) is 4.54. The highest BCUT2D eigenvalue weighted by Gasteiger charge is 2.29. The van der Waals surface area contributed by atoms with Crippen LogP contribution in [0.4, 0.5) is 5.69 Å². The Morgan fingerprint density at radius 1 is 1.08 bits per heavy atom. The van der Waals surface area contributed by atoms with Crippen LogP contribution >= 0.6 is 11.6 Å². The first-order valence-corrected chi connectivity index (χ1v) is 9.73. The lowest BCUT2D eigenvalue weighted by Gasteiger charge is -2.22. The second-order valence-corrected chi connectivity index (χ2v) is 8.31. The molecule has 0 saturated carbocycles. The highest BCUT2D eigenvalue weighted by molar-refractivity contribution is 7.89. The molecule has 0 bridgehead atoms. The fraction of sp³-hybridized carbons (Fsp3) is 0.235. The molecule has 0 unspecified atom stereocenters. The molecule has 2 aliphatic rings. The predicted octanol–water partition coefficient (Wildman–Crippen LogP) is 2.25. The second kappa shape index (κ2) is 6.46. The molecule has 26 heavy (non-hydrogen) atoms. The monoisotopic (exact) mass is 394 g/mol. The third-order valence-corrected chi connectivity index (χ3v) is 6.27. The molecular formula is C17H15ClN2O5S. The number of rotatable bonds is 2. The number of fused-ring (bicyclic) bond motifs is 2. The van der Waals surface area contributed by atoms with E-state index < -0.39 is 10.0 Å². The van der Waals surface area contributed by atoms with Gasteiger partial charge in [-0.2, -0.15) is 4.31 Å². The number of hydrogen-bond acceptors (Lipinski definition) is 5. The van der Waals surface area contributed by atoms with Crippen molar-refractivity contribution in [2.45, 2.75) is 11.4 Å². The van der Waals surface area contributed by atoms with Crippen LogP contribution in [-0.4, -0.2) is 38.4 Å². The molecule has 4 rings (SSSR count). The van der Waals surface area contributed by atoms with E-state index in [0.29, 0.717) is 27.8 Å². The predicted molar refractivity (Wildman–Crippen MR) is 95.1 cm³/mol. The van der Waals surface area contributed by atoms with Gasteiger partial charge in [-0.25, -0.2) is 8.42 Å². The van der Waals surface area contributed by atoms with Crippen LogP contribution < -0.4 is 14.8 Å². The standard InChI is InChI=1S/C17H15ClN2O5S/c18-12-1-3-15-11(7-12)9-20(5-6-24-15)26(22,23)13-2-4-16-14(8-13)19-17(21)10-25-16/h1-4,7-8H,5-6,9-10H2,(H,19,21). The van der Waals surface area contributed by atoms with Crippen molar-refractivity contribution in [1.29, 1.82) is 0 Å². The molecule has 2 heterocycles. The summed E-state index contributed by atoms with van der Waals surface area (Å²) in [6, 6.07) is 9.56. The zero-order valence-electron chi connectivity index (χ0n) is 13.6. The fourth-order valence-electron chi connectivity index (χ4n) is 2.92. The zero-order valence-corrected chi connectivity index (χ0v) is 15.1. The number of ether oxygens (including phenoxy) is 2. The molecule has 0 fully saturated rings. The van der Waals surface area contributed by atoms with Gasteiger partial charge in [-0.15, -0.1) is 0 Å². The molecule has 7 nitrogen and oxygen atoms in total. The quantitative estimate of drug-likeness (QED) is 0.844. The van der Waals surface area contributed by atoms with Crippen LogP contribution in [0.3, 0.4) is 0 Å². The summed E-state index contributed by atoms with van der Waals surface area (Å²) < 4.78 is 38.4. The summed E-state index contributed by atoms with van der Waals surface area (Å²) in [4.78, 5) is 11.6. The van der Waals surface area contributed by atoms with Crippen molar-refractivity contribution in [2.75, 3.05) is 25.1 Å². The molecule has 9 heteroatoms. The Morgan fingerprint density at radius 2 is 1.88 bits per heavy atom. The van der Waals surface area contributed by atoms with Crippen molar-refractivity contribution < 1.29 is 22.7 Å². The van der Waals surface area contributed by atoms with Crippen LogP contribution in [0.5, 0.6) is 11.5 Å². The smallest absolute Gasteiger partial charge is 0.262 e. The van der Waals surface area contributed by atoms with E-state index in [-0.39, 0.29) is 37.1 Å².